The Hall–Kier alpha value is -3.31. The number of aromatic amines is 1. The zero-order valence-electron chi connectivity index (χ0n) is 14.8. The number of aromatic nitrogens is 2. The van der Waals surface area contributed by atoms with Crippen LogP contribution in [0.15, 0.2) is 59.2 Å². The maximum atomic E-state index is 13.6. The van der Waals surface area contributed by atoms with E-state index >= 15 is 0 Å². The lowest BCUT2D eigenvalue weighted by atomic mass is 10.2. The fourth-order valence-corrected chi connectivity index (χ4v) is 3.21. The maximum Gasteiger partial charge on any atom is 0.316 e. The summed E-state index contributed by atoms with van der Waals surface area (Å²) < 4.78 is 18.8. The van der Waals surface area contributed by atoms with Crippen molar-refractivity contribution in [1.82, 2.24) is 9.97 Å². The van der Waals surface area contributed by atoms with Gasteiger partial charge in [-0.15, -0.1) is 11.8 Å². The van der Waals surface area contributed by atoms with E-state index in [1.165, 1.54) is 13.0 Å². The molecule has 8 heteroatoms. The smallest absolute Gasteiger partial charge is 0.316 e. The van der Waals surface area contributed by atoms with Crippen molar-refractivity contribution in [1.29, 1.82) is 5.26 Å². The minimum atomic E-state index is -1.06. The molecule has 3 rings (SSSR count). The monoisotopic (exact) mass is 397 g/mol. The van der Waals surface area contributed by atoms with Gasteiger partial charge in [-0.1, -0.05) is 24.3 Å². The number of allylic oxidation sites excluding steroid dienone is 1. The molecule has 0 aliphatic rings. The van der Waals surface area contributed by atoms with Crippen LogP contribution >= 0.6 is 11.8 Å². The quantitative estimate of drug-likeness (QED) is 0.280. The molecule has 2 N–H and O–H groups in total. The number of ether oxygens (including phenoxy) is 1. The van der Waals surface area contributed by atoms with E-state index in [1.807, 2.05) is 12.1 Å². The standard InChI is InChI=1S/C20H16FN3O3S/c1-12(27-18(25)11-28-17-9-5-2-6-14(17)21)19(26)13(10-22)20-23-15-7-3-4-8-16(15)24-20/h2-9,12,26H,11H2,1H3,(H,23,24)/b19-13-/t12-/m0/s1. The number of esters is 1. The highest BCUT2D eigenvalue weighted by atomic mass is 32.2. The number of thioether (sulfide) groups is 1. The highest BCUT2D eigenvalue weighted by Crippen LogP contribution is 2.23. The number of nitrogens with one attached hydrogen (secondary N) is 1. The first-order valence-electron chi connectivity index (χ1n) is 8.34. The number of fused-ring (bicyclic) bond motifs is 1. The molecule has 2 aromatic carbocycles. The number of hydrogen-bond donors (Lipinski definition) is 2. The van der Waals surface area contributed by atoms with Crippen LogP contribution in [0.5, 0.6) is 0 Å². The second-order valence-electron chi connectivity index (χ2n) is 5.83. The average molecular weight is 397 g/mol. The van der Waals surface area contributed by atoms with E-state index < -0.39 is 23.6 Å². The van der Waals surface area contributed by atoms with Crippen LogP contribution in [0.3, 0.4) is 0 Å². The number of aliphatic hydroxyl groups excluding tert-OH is 1. The SMILES string of the molecule is C[C@H](OC(=O)CSc1ccccc1F)/C(O)=C(\C#N)c1nc2ccccc2[nH]1. The molecule has 28 heavy (non-hydrogen) atoms. The molecule has 6 nitrogen and oxygen atoms in total. The third-order valence-electron chi connectivity index (χ3n) is 3.87. The molecule has 0 fully saturated rings. The Morgan fingerprint density at radius 3 is 2.75 bits per heavy atom. The van der Waals surface area contributed by atoms with Gasteiger partial charge in [-0.2, -0.15) is 5.26 Å². The van der Waals surface area contributed by atoms with Crippen molar-refractivity contribution in [3.63, 3.8) is 0 Å². The molecule has 0 aliphatic heterocycles. The Bertz CT molecular complexity index is 1050. The van der Waals surface area contributed by atoms with Crippen molar-refractivity contribution >= 4 is 34.3 Å². The molecule has 0 radical (unpaired) electrons. The molecular weight excluding hydrogens is 381 g/mol. The summed E-state index contributed by atoms with van der Waals surface area (Å²) in [7, 11) is 0. The van der Waals surface area contributed by atoms with E-state index in [0.29, 0.717) is 15.9 Å². The van der Waals surface area contributed by atoms with Crippen LogP contribution < -0.4 is 0 Å². The van der Waals surface area contributed by atoms with Crippen molar-refractivity contribution in [2.75, 3.05) is 5.75 Å². The maximum absolute atomic E-state index is 13.6. The Balaban J connectivity index is 1.70. The van der Waals surface area contributed by atoms with E-state index in [-0.39, 0.29) is 17.2 Å². The van der Waals surface area contributed by atoms with Crippen LogP contribution in [0.2, 0.25) is 0 Å². The highest BCUT2D eigenvalue weighted by Gasteiger charge is 2.21. The van der Waals surface area contributed by atoms with Crippen molar-refractivity contribution in [3.05, 3.63) is 65.9 Å². The molecule has 0 saturated heterocycles. The summed E-state index contributed by atoms with van der Waals surface area (Å²) in [6, 6.07) is 15.2. The normalized spacial score (nSPS) is 12.9. The van der Waals surface area contributed by atoms with Crippen LogP contribution in [-0.2, 0) is 9.53 Å². The molecule has 0 spiro atoms. The van der Waals surface area contributed by atoms with Crippen molar-refractivity contribution in [2.45, 2.75) is 17.9 Å². The number of benzene rings is 2. The van der Waals surface area contributed by atoms with Gasteiger partial charge in [0, 0.05) is 4.90 Å². The lowest BCUT2D eigenvalue weighted by Gasteiger charge is -2.13. The van der Waals surface area contributed by atoms with Gasteiger partial charge in [0.2, 0.25) is 0 Å². The zero-order valence-corrected chi connectivity index (χ0v) is 15.7. The first-order valence-corrected chi connectivity index (χ1v) is 9.33. The van der Waals surface area contributed by atoms with Crippen LogP contribution in [0.4, 0.5) is 4.39 Å². The number of carbonyl (C=O) groups is 1. The third-order valence-corrected chi connectivity index (χ3v) is 4.89. The van der Waals surface area contributed by atoms with Gasteiger partial charge in [-0.25, -0.2) is 9.37 Å². The predicted molar refractivity (Wildman–Crippen MR) is 104 cm³/mol. The number of H-pyrrole nitrogens is 1. The Morgan fingerprint density at radius 1 is 1.32 bits per heavy atom. The summed E-state index contributed by atoms with van der Waals surface area (Å²) in [6.45, 7) is 1.45. The summed E-state index contributed by atoms with van der Waals surface area (Å²) in [4.78, 5) is 19.6. The van der Waals surface area contributed by atoms with Crippen LogP contribution in [0, 0.1) is 17.1 Å². The number of aliphatic hydroxyl groups is 1. The molecule has 0 aliphatic carbocycles. The molecule has 142 valence electrons. The van der Waals surface area contributed by atoms with Crippen LogP contribution in [0.25, 0.3) is 16.6 Å². The Labute approximate surface area is 164 Å². The number of carbonyl (C=O) groups excluding carboxylic acids is 1. The summed E-state index contributed by atoms with van der Waals surface area (Å²) >= 11 is 0.992. The minimum absolute atomic E-state index is 0.113. The fraction of sp³-hybridized carbons (Fsp3) is 0.150. The number of imidazole rings is 1. The third kappa shape index (κ3) is 4.32. The number of rotatable bonds is 6. The summed E-state index contributed by atoms with van der Waals surface area (Å²) in [5.74, 6) is -1.43. The predicted octanol–water partition coefficient (Wildman–Crippen LogP) is 4.22. The number of halogens is 1. The van der Waals surface area contributed by atoms with Gasteiger partial charge in [-0.3, -0.25) is 4.79 Å². The van der Waals surface area contributed by atoms with E-state index in [2.05, 4.69) is 9.97 Å². The van der Waals surface area contributed by atoms with Gasteiger partial charge in [0.15, 0.2) is 17.7 Å². The second kappa shape index (κ2) is 8.59. The lowest BCUT2D eigenvalue weighted by Crippen LogP contribution is -2.19. The second-order valence-corrected chi connectivity index (χ2v) is 6.84. The van der Waals surface area contributed by atoms with Gasteiger partial charge >= 0.3 is 5.97 Å². The molecule has 0 bridgehead atoms. The number of nitrogens with zero attached hydrogens (tertiary/aromatic N) is 2. The van der Waals surface area contributed by atoms with Gasteiger partial charge in [0.05, 0.1) is 16.8 Å². The number of para-hydroxylation sites is 2. The van der Waals surface area contributed by atoms with Crippen molar-refractivity contribution in [2.24, 2.45) is 0 Å². The molecule has 0 saturated carbocycles. The molecular formula is C20H16FN3O3S. The minimum Gasteiger partial charge on any atom is -0.507 e. The molecule has 1 heterocycles. The summed E-state index contributed by atoms with van der Waals surface area (Å²) in [5, 5.41) is 19.8. The zero-order chi connectivity index (χ0) is 20.1. The fourth-order valence-electron chi connectivity index (χ4n) is 2.49. The van der Waals surface area contributed by atoms with Gasteiger partial charge in [-0.05, 0) is 31.2 Å². The summed E-state index contributed by atoms with van der Waals surface area (Å²) in [6.07, 6.45) is -1.06. The van der Waals surface area contributed by atoms with Crippen LogP contribution in [0.1, 0.15) is 12.7 Å². The lowest BCUT2D eigenvalue weighted by molar-refractivity contribution is -0.144. The molecule has 3 aromatic rings. The Kier molecular flexibility index (Phi) is 5.96. The average Bonchev–Trinajstić information content (AvgIpc) is 3.11. The highest BCUT2D eigenvalue weighted by molar-refractivity contribution is 8.00. The first-order chi connectivity index (χ1) is 13.5. The molecule has 0 unspecified atom stereocenters. The van der Waals surface area contributed by atoms with E-state index in [9.17, 15) is 19.6 Å². The molecule has 1 atom stereocenters. The van der Waals surface area contributed by atoms with Gasteiger partial charge < -0.3 is 14.8 Å². The number of nitriles is 1. The number of hydrogen-bond acceptors (Lipinski definition) is 6. The molecule has 1 aromatic heterocycles. The topological polar surface area (TPSA) is 99.0 Å². The van der Waals surface area contributed by atoms with E-state index in [4.69, 9.17) is 4.74 Å². The van der Waals surface area contributed by atoms with Crippen molar-refractivity contribution < 1.29 is 19.0 Å². The molecule has 0 amide bonds. The van der Waals surface area contributed by atoms with E-state index in [0.717, 1.165) is 11.8 Å². The summed E-state index contributed by atoms with van der Waals surface area (Å²) in [5.41, 5.74) is 1.24. The van der Waals surface area contributed by atoms with Gasteiger partial charge in [0.25, 0.3) is 0 Å². The largest absolute Gasteiger partial charge is 0.507 e. The van der Waals surface area contributed by atoms with Gasteiger partial charge in [0.1, 0.15) is 17.5 Å². The van der Waals surface area contributed by atoms with E-state index in [1.54, 1.807) is 36.4 Å². The van der Waals surface area contributed by atoms with Crippen molar-refractivity contribution in [3.8, 4) is 6.07 Å². The first kappa shape index (κ1) is 19.5. The van der Waals surface area contributed by atoms with Crippen LogP contribution in [-0.4, -0.2) is 32.9 Å². The Morgan fingerprint density at radius 2 is 2.04 bits per heavy atom.